The van der Waals surface area contributed by atoms with Gasteiger partial charge in [-0.15, -0.1) is 0 Å². The first kappa shape index (κ1) is 24.8. The van der Waals surface area contributed by atoms with E-state index in [1.54, 1.807) is 18.3 Å². The normalized spacial score (nSPS) is 15.4. The quantitative estimate of drug-likeness (QED) is 0.383. The first-order valence-electron chi connectivity index (χ1n) is 11.4. The monoisotopic (exact) mass is 493 g/mol. The van der Waals surface area contributed by atoms with Gasteiger partial charge in [0.2, 0.25) is 0 Å². The summed E-state index contributed by atoms with van der Waals surface area (Å²) in [4.78, 5) is 41.9. The zero-order valence-electron chi connectivity index (χ0n) is 19.8. The number of rotatable bonds is 7. The minimum absolute atomic E-state index is 0.0141. The van der Waals surface area contributed by atoms with Gasteiger partial charge in [0, 0.05) is 30.9 Å². The Morgan fingerprint density at radius 2 is 1.89 bits per heavy atom. The molecule has 2 aromatic carbocycles. The lowest BCUT2D eigenvalue weighted by atomic mass is 10.0. The lowest BCUT2D eigenvalue weighted by Crippen LogP contribution is -2.45. The standard InChI is InChI=1S/C27H25F2N3O4/c1-16-6-8-21(26(34)32(16)15-18-7-9-22(28)23(29)11-18)25(33)31-13-17-4-3-5-19(10-17)20-12-24(30-14-20)27(35)36-2/h3-5,7-12,14,16,30H,6,13,15H2,1-2H3,(H,31,33). The van der Waals surface area contributed by atoms with Gasteiger partial charge in [0.25, 0.3) is 11.8 Å². The van der Waals surface area contributed by atoms with E-state index in [9.17, 15) is 23.2 Å². The van der Waals surface area contributed by atoms with Gasteiger partial charge in [0.1, 0.15) is 11.3 Å². The molecular formula is C27H25F2N3O4. The molecule has 3 aromatic rings. The molecule has 1 atom stereocenters. The molecule has 1 aliphatic rings. The van der Waals surface area contributed by atoms with Gasteiger partial charge in [0.05, 0.1) is 7.11 Å². The van der Waals surface area contributed by atoms with Crippen LogP contribution in [0.3, 0.4) is 0 Å². The summed E-state index contributed by atoms with van der Waals surface area (Å²) in [6.45, 7) is 2.08. The van der Waals surface area contributed by atoms with Crippen LogP contribution in [0.15, 0.2) is 66.4 Å². The second-order valence-electron chi connectivity index (χ2n) is 8.56. The number of amides is 2. The molecule has 1 unspecified atom stereocenters. The number of carbonyl (C=O) groups is 3. The number of nitrogens with zero attached hydrogens (tertiary/aromatic N) is 1. The number of H-pyrrole nitrogens is 1. The second kappa shape index (κ2) is 10.6. The lowest BCUT2D eigenvalue weighted by Gasteiger charge is -2.33. The minimum Gasteiger partial charge on any atom is -0.464 e. The molecule has 1 aromatic heterocycles. The molecule has 0 fully saturated rings. The van der Waals surface area contributed by atoms with E-state index >= 15 is 0 Å². The molecule has 0 saturated heterocycles. The molecule has 2 N–H and O–H groups in total. The summed E-state index contributed by atoms with van der Waals surface area (Å²) in [6.07, 6.45) is 3.76. The van der Waals surface area contributed by atoms with E-state index in [4.69, 9.17) is 4.74 Å². The Balaban J connectivity index is 1.42. The maximum atomic E-state index is 13.6. The number of carbonyl (C=O) groups excluding carboxylic acids is 3. The molecule has 0 bridgehead atoms. The van der Waals surface area contributed by atoms with Crippen molar-refractivity contribution >= 4 is 17.8 Å². The van der Waals surface area contributed by atoms with E-state index in [1.807, 2.05) is 31.2 Å². The lowest BCUT2D eigenvalue weighted by molar-refractivity contribution is -0.133. The first-order chi connectivity index (χ1) is 17.3. The third-order valence-electron chi connectivity index (χ3n) is 6.07. The van der Waals surface area contributed by atoms with Gasteiger partial charge in [-0.05, 0) is 54.3 Å². The van der Waals surface area contributed by atoms with Gasteiger partial charge in [0.15, 0.2) is 11.6 Å². The minimum atomic E-state index is -0.985. The van der Waals surface area contributed by atoms with Gasteiger partial charge in [-0.25, -0.2) is 13.6 Å². The molecule has 0 radical (unpaired) electrons. The number of aromatic nitrogens is 1. The topological polar surface area (TPSA) is 91.5 Å². The van der Waals surface area contributed by atoms with Crippen LogP contribution in [0, 0.1) is 11.6 Å². The fraction of sp³-hybridized carbons (Fsp3) is 0.222. The van der Waals surface area contributed by atoms with E-state index in [2.05, 4.69) is 10.3 Å². The molecule has 2 heterocycles. The summed E-state index contributed by atoms with van der Waals surface area (Å²) >= 11 is 0. The highest BCUT2D eigenvalue weighted by atomic mass is 19.2. The molecule has 0 aliphatic carbocycles. The van der Waals surface area contributed by atoms with Crippen LogP contribution in [0.25, 0.3) is 11.1 Å². The van der Waals surface area contributed by atoms with Crippen molar-refractivity contribution in [3.05, 3.63) is 94.8 Å². The Labute approximate surface area is 206 Å². The van der Waals surface area contributed by atoms with Gasteiger partial charge in [-0.3, -0.25) is 9.59 Å². The largest absolute Gasteiger partial charge is 0.464 e. The third kappa shape index (κ3) is 5.35. The predicted molar refractivity (Wildman–Crippen MR) is 128 cm³/mol. The number of esters is 1. The van der Waals surface area contributed by atoms with Crippen LogP contribution in [0.2, 0.25) is 0 Å². The van der Waals surface area contributed by atoms with Gasteiger partial charge < -0.3 is 19.9 Å². The van der Waals surface area contributed by atoms with E-state index in [1.165, 1.54) is 18.1 Å². The van der Waals surface area contributed by atoms with Crippen molar-refractivity contribution in [2.75, 3.05) is 7.11 Å². The number of nitrogens with one attached hydrogen (secondary N) is 2. The zero-order chi connectivity index (χ0) is 25.8. The van der Waals surface area contributed by atoms with E-state index in [-0.39, 0.29) is 24.7 Å². The van der Waals surface area contributed by atoms with Gasteiger partial charge >= 0.3 is 5.97 Å². The number of ether oxygens (including phenoxy) is 1. The maximum Gasteiger partial charge on any atom is 0.354 e. The summed E-state index contributed by atoms with van der Waals surface area (Å²) in [7, 11) is 1.31. The smallest absolute Gasteiger partial charge is 0.354 e. The molecule has 7 nitrogen and oxygen atoms in total. The summed E-state index contributed by atoms with van der Waals surface area (Å²) in [5, 5.41) is 2.78. The molecule has 0 saturated carbocycles. The van der Waals surface area contributed by atoms with E-state index < -0.39 is 29.4 Å². The van der Waals surface area contributed by atoms with Crippen LogP contribution in [-0.4, -0.2) is 40.8 Å². The van der Waals surface area contributed by atoms with Crippen LogP contribution >= 0.6 is 0 Å². The summed E-state index contributed by atoms with van der Waals surface area (Å²) < 4.78 is 31.6. The fourth-order valence-corrected chi connectivity index (χ4v) is 4.04. The van der Waals surface area contributed by atoms with Crippen molar-refractivity contribution in [1.29, 1.82) is 0 Å². The van der Waals surface area contributed by atoms with Crippen LogP contribution in [0.5, 0.6) is 0 Å². The molecule has 1 aliphatic heterocycles. The predicted octanol–water partition coefficient (Wildman–Crippen LogP) is 4.11. The highest BCUT2D eigenvalue weighted by molar-refractivity contribution is 6.18. The summed E-state index contributed by atoms with van der Waals surface area (Å²) in [5.41, 5.74) is 3.21. The van der Waals surface area contributed by atoms with Crippen molar-refractivity contribution < 1.29 is 27.9 Å². The highest BCUT2D eigenvalue weighted by Crippen LogP contribution is 2.23. The van der Waals surface area contributed by atoms with Crippen LogP contribution < -0.4 is 5.32 Å². The number of halogens is 2. The Hall–Kier alpha value is -4.27. The first-order valence-corrected chi connectivity index (χ1v) is 11.4. The molecule has 186 valence electrons. The van der Waals surface area contributed by atoms with Crippen molar-refractivity contribution in [2.45, 2.75) is 32.5 Å². The van der Waals surface area contributed by atoms with Crippen molar-refractivity contribution in [3.8, 4) is 11.1 Å². The Kier molecular flexibility index (Phi) is 7.28. The van der Waals surface area contributed by atoms with Crippen LogP contribution in [0.1, 0.15) is 35.0 Å². The number of benzene rings is 2. The molecule has 0 spiro atoms. The summed E-state index contributed by atoms with van der Waals surface area (Å²) in [5.74, 6) is -3.39. The second-order valence-corrected chi connectivity index (χ2v) is 8.56. The van der Waals surface area contributed by atoms with Gasteiger partial charge in [-0.2, -0.15) is 0 Å². The van der Waals surface area contributed by atoms with E-state index in [0.29, 0.717) is 17.7 Å². The zero-order valence-corrected chi connectivity index (χ0v) is 19.8. The molecule has 9 heteroatoms. The summed E-state index contributed by atoms with van der Waals surface area (Å²) in [6, 6.07) is 12.4. The van der Waals surface area contributed by atoms with Crippen molar-refractivity contribution in [3.63, 3.8) is 0 Å². The average molecular weight is 494 g/mol. The number of hydrogen-bond donors (Lipinski definition) is 2. The van der Waals surface area contributed by atoms with Crippen molar-refractivity contribution in [2.24, 2.45) is 0 Å². The average Bonchev–Trinajstić information content (AvgIpc) is 3.37. The van der Waals surface area contributed by atoms with E-state index in [0.717, 1.165) is 28.8 Å². The number of hydrogen-bond acceptors (Lipinski definition) is 4. The molecule has 4 rings (SSSR count). The van der Waals surface area contributed by atoms with Crippen LogP contribution in [-0.2, 0) is 27.4 Å². The highest BCUT2D eigenvalue weighted by Gasteiger charge is 2.31. The maximum absolute atomic E-state index is 13.6. The van der Waals surface area contributed by atoms with Crippen LogP contribution in [0.4, 0.5) is 8.78 Å². The van der Waals surface area contributed by atoms with Crippen molar-refractivity contribution in [1.82, 2.24) is 15.2 Å². The Morgan fingerprint density at radius 1 is 1.08 bits per heavy atom. The Morgan fingerprint density at radius 3 is 2.64 bits per heavy atom. The number of aromatic amines is 1. The molecule has 36 heavy (non-hydrogen) atoms. The number of methoxy groups -OCH3 is 1. The molecule has 2 amide bonds. The third-order valence-corrected chi connectivity index (χ3v) is 6.07. The fourth-order valence-electron chi connectivity index (χ4n) is 4.04. The van der Waals surface area contributed by atoms with Gasteiger partial charge in [-0.1, -0.05) is 30.3 Å². The Bertz CT molecular complexity index is 1350. The molecular weight excluding hydrogens is 468 g/mol. The SMILES string of the molecule is COC(=O)c1cc(-c2cccc(CNC(=O)C3=CCC(C)N(Cc4ccc(F)c(F)c4)C3=O)c2)c[nH]1.